The third kappa shape index (κ3) is 3.00. The van der Waals surface area contributed by atoms with Crippen LogP contribution in [0.1, 0.15) is 5.56 Å². The number of fused-ring (bicyclic) bond motifs is 1. The van der Waals surface area contributed by atoms with E-state index in [-0.39, 0.29) is 0 Å². The number of hydrogen-bond donors (Lipinski definition) is 0. The molecule has 3 heteroatoms. The summed E-state index contributed by atoms with van der Waals surface area (Å²) in [6.07, 6.45) is 1.15. The summed E-state index contributed by atoms with van der Waals surface area (Å²) in [4.78, 5) is 0. The zero-order valence-electron chi connectivity index (χ0n) is 11.0. The van der Waals surface area contributed by atoms with Crippen LogP contribution in [0.3, 0.4) is 0 Å². The van der Waals surface area contributed by atoms with Gasteiger partial charge in [-0.2, -0.15) is 5.26 Å². The largest absolute Gasteiger partial charge is 0.351 e. The second-order valence-corrected chi connectivity index (χ2v) is 4.12. The maximum Gasteiger partial charge on any atom is 0.193 e. The summed E-state index contributed by atoms with van der Waals surface area (Å²) >= 11 is 0. The van der Waals surface area contributed by atoms with Gasteiger partial charge in [0.25, 0.3) is 0 Å². The molecule has 2 aromatic rings. The van der Waals surface area contributed by atoms with Gasteiger partial charge in [-0.15, -0.1) is 0 Å². The van der Waals surface area contributed by atoms with Crippen molar-refractivity contribution in [2.75, 3.05) is 14.2 Å². The SMILES string of the molecule is COC(OC)/C(C#N)=C/c1ccc2ccccc2c1. The predicted octanol–water partition coefficient (Wildman–Crippen LogP) is 3.37. The fourth-order valence-electron chi connectivity index (χ4n) is 1.98. The Morgan fingerprint density at radius 2 is 1.79 bits per heavy atom. The summed E-state index contributed by atoms with van der Waals surface area (Å²) in [5.41, 5.74) is 1.40. The van der Waals surface area contributed by atoms with E-state index in [4.69, 9.17) is 14.7 Å². The summed E-state index contributed by atoms with van der Waals surface area (Å²) < 4.78 is 10.2. The summed E-state index contributed by atoms with van der Waals surface area (Å²) in [7, 11) is 3.03. The molecule has 0 saturated carbocycles. The number of methoxy groups -OCH3 is 2. The van der Waals surface area contributed by atoms with Gasteiger partial charge in [0.05, 0.1) is 5.57 Å². The standard InChI is InChI=1S/C16H15NO2/c1-18-16(19-2)15(11-17)10-12-7-8-13-5-3-4-6-14(13)9-12/h3-10,16H,1-2H3/b15-10+. The van der Waals surface area contributed by atoms with E-state index in [1.807, 2.05) is 36.4 Å². The van der Waals surface area contributed by atoms with Crippen LogP contribution in [0.5, 0.6) is 0 Å². The third-order valence-corrected chi connectivity index (χ3v) is 2.91. The van der Waals surface area contributed by atoms with E-state index in [2.05, 4.69) is 12.1 Å². The highest BCUT2D eigenvalue weighted by Gasteiger charge is 2.11. The Labute approximate surface area is 112 Å². The average Bonchev–Trinajstić information content (AvgIpc) is 2.47. The molecule has 0 fully saturated rings. The van der Waals surface area contributed by atoms with Crippen LogP contribution in [-0.2, 0) is 9.47 Å². The summed E-state index contributed by atoms with van der Waals surface area (Å²) in [5.74, 6) is 0. The smallest absolute Gasteiger partial charge is 0.193 e. The van der Waals surface area contributed by atoms with E-state index in [9.17, 15) is 0 Å². The molecule has 0 aliphatic rings. The van der Waals surface area contributed by atoms with Gasteiger partial charge in [0, 0.05) is 14.2 Å². The Balaban J connectivity index is 2.41. The maximum absolute atomic E-state index is 9.15. The van der Waals surface area contributed by atoms with Gasteiger partial charge in [-0.3, -0.25) is 0 Å². The molecule has 0 N–H and O–H groups in total. The minimum Gasteiger partial charge on any atom is -0.351 e. The summed E-state index contributed by atoms with van der Waals surface area (Å²) in [5, 5.41) is 11.5. The molecule has 0 saturated heterocycles. The van der Waals surface area contributed by atoms with Crippen molar-refractivity contribution in [3.8, 4) is 6.07 Å². The van der Waals surface area contributed by atoms with Gasteiger partial charge in [-0.05, 0) is 28.5 Å². The van der Waals surface area contributed by atoms with Crippen molar-refractivity contribution in [2.45, 2.75) is 6.29 Å². The van der Waals surface area contributed by atoms with E-state index < -0.39 is 6.29 Å². The summed E-state index contributed by atoms with van der Waals surface area (Å²) in [6.45, 7) is 0. The first-order valence-corrected chi connectivity index (χ1v) is 5.94. The highest BCUT2D eigenvalue weighted by Crippen LogP contribution is 2.19. The molecule has 2 aromatic carbocycles. The van der Waals surface area contributed by atoms with Crippen LogP contribution in [0.25, 0.3) is 16.8 Å². The number of rotatable bonds is 4. The molecule has 3 nitrogen and oxygen atoms in total. The van der Waals surface area contributed by atoms with Crippen molar-refractivity contribution in [1.29, 1.82) is 5.26 Å². The zero-order chi connectivity index (χ0) is 13.7. The van der Waals surface area contributed by atoms with E-state index in [1.165, 1.54) is 19.6 Å². The van der Waals surface area contributed by atoms with E-state index in [1.54, 1.807) is 6.08 Å². The highest BCUT2D eigenvalue weighted by molar-refractivity contribution is 5.85. The van der Waals surface area contributed by atoms with Gasteiger partial charge in [0.1, 0.15) is 6.07 Å². The van der Waals surface area contributed by atoms with Gasteiger partial charge < -0.3 is 9.47 Å². The molecule has 0 heterocycles. The van der Waals surface area contributed by atoms with Gasteiger partial charge in [0.2, 0.25) is 0 Å². The molecule has 0 aliphatic heterocycles. The molecular weight excluding hydrogens is 238 g/mol. The number of nitriles is 1. The van der Waals surface area contributed by atoms with Gasteiger partial charge in [-0.25, -0.2) is 0 Å². The van der Waals surface area contributed by atoms with Crippen molar-refractivity contribution in [3.05, 3.63) is 53.6 Å². The second kappa shape index (κ2) is 6.14. The lowest BCUT2D eigenvalue weighted by atomic mass is 10.1. The van der Waals surface area contributed by atoms with Crippen LogP contribution >= 0.6 is 0 Å². The van der Waals surface area contributed by atoms with Crippen LogP contribution in [0.15, 0.2) is 48.0 Å². The lowest BCUT2D eigenvalue weighted by molar-refractivity contribution is -0.0712. The first-order chi connectivity index (χ1) is 9.28. The summed E-state index contributed by atoms with van der Waals surface area (Å²) in [6, 6.07) is 16.3. The normalized spacial score (nSPS) is 11.8. The Hall–Kier alpha value is -2.15. The van der Waals surface area contributed by atoms with Crippen molar-refractivity contribution < 1.29 is 9.47 Å². The van der Waals surface area contributed by atoms with E-state index in [0.29, 0.717) is 5.57 Å². The Kier molecular flexibility index (Phi) is 4.30. The molecule has 0 unspecified atom stereocenters. The minimum absolute atomic E-state index is 0.445. The molecule has 2 rings (SSSR count). The van der Waals surface area contributed by atoms with Crippen molar-refractivity contribution in [1.82, 2.24) is 0 Å². The van der Waals surface area contributed by atoms with Crippen LogP contribution in [0.2, 0.25) is 0 Å². The van der Waals surface area contributed by atoms with Crippen LogP contribution in [-0.4, -0.2) is 20.5 Å². The molecular formula is C16H15NO2. The molecule has 0 amide bonds. The monoisotopic (exact) mass is 253 g/mol. The number of hydrogen-bond acceptors (Lipinski definition) is 3. The van der Waals surface area contributed by atoms with Crippen molar-refractivity contribution in [2.24, 2.45) is 0 Å². The first kappa shape index (κ1) is 13.3. The molecule has 0 spiro atoms. The highest BCUT2D eigenvalue weighted by atomic mass is 16.7. The van der Waals surface area contributed by atoms with Crippen molar-refractivity contribution >= 4 is 16.8 Å². The van der Waals surface area contributed by atoms with Crippen molar-refractivity contribution in [3.63, 3.8) is 0 Å². The lowest BCUT2D eigenvalue weighted by Crippen LogP contribution is -2.14. The Morgan fingerprint density at radius 1 is 1.11 bits per heavy atom. The van der Waals surface area contributed by atoms with Crippen LogP contribution in [0.4, 0.5) is 0 Å². The molecule has 0 aliphatic carbocycles. The quantitative estimate of drug-likeness (QED) is 0.619. The molecule has 0 bridgehead atoms. The van der Waals surface area contributed by atoms with Crippen LogP contribution in [0, 0.1) is 11.3 Å². The fraction of sp³-hybridized carbons (Fsp3) is 0.188. The third-order valence-electron chi connectivity index (χ3n) is 2.91. The fourth-order valence-corrected chi connectivity index (χ4v) is 1.98. The second-order valence-electron chi connectivity index (χ2n) is 4.12. The van der Waals surface area contributed by atoms with Crippen LogP contribution < -0.4 is 0 Å². The molecule has 0 atom stereocenters. The number of benzene rings is 2. The Morgan fingerprint density at radius 3 is 2.42 bits per heavy atom. The topological polar surface area (TPSA) is 42.2 Å². The average molecular weight is 253 g/mol. The van der Waals surface area contributed by atoms with E-state index >= 15 is 0 Å². The minimum atomic E-state index is -0.628. The maximum atomic E-state index is 9.15. The lowest BCUT2D eigenvalue weighted by Gasteiger charge is -2.11. The Bertz CT molecular complexity index is 636. The van der Waals surface area contributed by atoms with Gasteiger partial charge >= 0.3 is 0 Å². The van der Waals surface area contributed by atoms with E-state index in [0.717, 1.165) is 10.9 Å². The predicted molar refractivity (Wildman–Crippen MR) is 75.3 cm³/mol. The molecule has 0 aromatic heterocycles. The number of ether oxygens (including phenoxy) is 2. The zero-order valence-corrected chi connectivity index (χ0v) is 11.0. The number of nitrogens with zero attached hydrogens (tertiary/aromatic N) is 1. The molecule has 19 heavy (non-hydrogen) atoms. The van der Waals surface area contributed by atoms with Gasteiger partial charge in [0.15, 0.2) is 6.29 Å². The van der Waals surface area contributed by atoms with Gasteiger partial charge in [-0.1, -0.05) is 36.4 Å². The first-order valence-electron chi connectivity index (χ1n) is 5.94. The molecule has 0 radical (unpaired) electrons. The molecule has 96 valence electrons.